The van der Waals surface area contributed by atoms with Gasteiger partial charge in [-0.25, -0.2) is 0 Å². The van der Waals surface area contributed by atoms with Crippen molar-refractivity contribution in [2.24, 2.45) is 0 Å². The van der Waals surface area contributed by atoms with Gasteiger partial charge in [0.15, 0.2) is 0 Å². The predicted octanol–water partition coefficient (Wildman–Crippen LogP) is 5.64. The molecule has 20 heavy (non-hydrogen) atoms. The smallest absolute Gasteiger partial charge is 0.122 e. The molecule has 0 heterocycles. The van der Waals surface area contributed by atoms with Gasteiger partial charge in [0.2, 0.25) is 0 Å². The van der Waals surface area contributed by atoms with Crippen LogP contribution in [0.25, 0.3) is 0 Å². The van der Waals surface area contributed by atoms with E-state index in [0.29, 0.717) is 0 Å². The summed E-state index contributed by atoms with van der Waals surface area (Å²) in [5.41, 5.74) is 5.10. The minimum atomic E-state index is 0.972. The molecule has 0 radical (unpaired) electrons. The zero-order valence-electron chi connectivity index (χ0n) is 13.9. The number of benzene rings is 2. The van der Waals surface area contributed by atoms with Crippen molar-refractivity contribution in [2.75, 3.05) is 7.11 Å². The second-order valence-electron chi connectivity index (χ2n) is 4.63. The molecule has 2 aromatic carbocycles. The normalized spacial score (nSPS) is 8.75. The maximum atomic E-state index is 5.13. The fourth-order valence-corrected chi connectivity index (χ4v) is 1.73. The Labute approximate surface area is 124 Å². The molecule has 0 aliphatic heterocycles. The van der Waals surface area contributed by atoms with E-state index in [4.69, 9.17) is 4.74 Å². The van der Waals surface area contributed by atoms with Crippen molar-refractivity contribution in [3.63, 3.8) is 0 Å². The molecule has 0 fully saturated rings. The van der Waals surface area contributed by atoms with Crippen LogP contribution in [0.15, 0.2) is 42.5 Å². The van der Waals surface area contributed by atoms with Crippen LogP contribution in [0.3, 0.4) is 0 Å². The number of aryl methyl sites for hydroxylation is 4. The van der Waals surface area contributed by atoms with E-state index in [-0.39, 0.29) is 0 Å². The van der Waals surface area contributed by atoms with Gasteiger partial charge in [-0.2, -0.15) is 0 Å². The third kappa shape index (κ3) is 6.98. The van der Waals surface area contributed by atoms with E-state index in [1.165, 1.54) is 22.3 Å². The number of methoxy groups -OCH3 is 1. The summed E-state index contributed by atoms with van der Waals surface area (Å²) >= 11 is 0. The van der Waals surface area contributed by atoms with Gasteiger partial charge in [0, 0.05) is 0 Å². The summed E-state index contributed by atoms with van der Waals surface area (Å²) in [5, 5.41) is 0. The maximum Gasteiger partial charge on any atom is 0.122 e. The van der Waals surface area contributed by atoms with Gasteiger partial charge in [0.05, 0.1) is 7.11 Å². The molecule has 2 aromatic rings. The molecule has 110 valence electrons. The molecule has 0 unspecified atom stereocenters. The van der Waals surface area contributed by atoms with E-state index >= 15 is 0 Å². The van der Waals surface area contributed by atoms with Gasteiger partial charge >= 0.3 is 0 Å². The van der Waals surface area contributed by atoms with E-state index < -0.39 is 0 Å². The Morgan fingerprint density at radius 2 is 1.20 bits per heavy atom. The molecule has 2 rings (SSSR count). The molecular formula is C19H28O. The van der Waals surface area contributed by atoms with Crippen molar-refractivity contribution >= 4 is 0 Å². The van der Waals surface area contributed by atoms with Crippen LogP contribution in [0.4, 0.5) is 0 Å². The van der Waals surface area contributed by atoms with E-state index in [1.54, 1.807) is 7.11 Å². The highest BCUT2D eigenvalue weighted by atomic mass is 16.5. The number of hydrogen-bond donors (Lipinski definition) is 0. The largest absolute Gasteiger partial charge is 0.496 e. The molecule has 0 bridgehead atoms. The van der Waals surface area contributed by atoms with E-state index in [2.05, 4.69) is 57.2 Å². The Hall–Kier alpha value is -1.76. The molecule has 1 heteroatoms. The first kappa shape index (κ1) is 18.2. The highest BCUT2D eigenvalue weighted by molar-refractivity contribution is 5.35. The van der Waals surface area contributed by atoms with E-state index in [1.807, 2.05) is 26.8 Å². The van der Waals surface area contributed by atoms with Crippen LogP contribution in [0, 0.1) is 27.7 Å². The lowest BCUT2D eigenvalue weighted by atomic mass is 10.1. The van der Waals surface area contributed by atoms with Crippen molar-refractivity contribution in [1.29, 1.82) is 0 Å². The molecule has 0 amide bonds. The van der Waals surface area contributed by atoms with Gasteiger partial charge in [-0.15, -0.1) is 0 Å². The topological polar surface area (TPSA) is 9.23 Å². The third-order valence-electron chi connectivity index (χ3n) is 2.74. The van der Waals surface area contributed by atoms with Crippen LogP contribution < -0.4 is 4.74 Å². The number of hydrogen-bond acceptors (Lipinski definition) is 1. The molecule has 0 aliphatic carbocycles. The minimum absolute atomic E-state index is 0.972. The first-order valence-corrected chi connectivity index (χ1v) is 7.17. The SMILES string of the molecule is CC.COc1cc(C)ccc1C.Cc1cccc(C)c1. The van der Waals surface area contributed by atoms with Crippen molar-refractivity contribution < 1.29 is 4.74 Å². The highest BCUT2D eigenvalue weighted by Gasteiger charge is 1.95. The van der Waals surface area contributed by atoms with Crippen molar-refractivity contribution in [3.8, 4) is 5.75 Å². The molecule has 0 saturated heterocycles. The van der Waals surface area contributed by atoms with Crippen LogP contribution in [0.1, 0.15) is 36.1 Å². The van der Waals surface area contributed by atoms with Gasteiger partial charge in [-0.1, -0.05) is 61.4 Å². The molecule has 0 saturated carbocycles. The molecule has 0 aromatic heterocycles. The molecule has 0 aliphatic rings. The fourth-order valence-electron chi connectivity index (χ4n) is 1.73. The summed E-state index contributed by atoms with van der Waals surface area (Å²) in [6.07, 6.45) is 0. The van der Waals surface area contributed by atoms with Crippen LogP contribution in [-0.2, 0) is 0 Å². The first-order valence-electron chi connectivity index (χ1n) is 7.17. The van der Waals surface area contributed by atoms with Gasteiger partial charge in [-0.3, -0.25) is 0 Å². The zero-order chi connectivity index (χ0) is 15.5. The van der Waals surface area contributed by atoms with Crippen molar-refractivity contribution in [1.82, 2.24) is 0 Å². The average molecular weight is 272 g/mol. The van der Waals surface area contributed by atoms with Gasteiger partial charge in [0.25, 0.3) is 0 Å². The molecule has 0 spiro atoms. The van der Waals surface area contributed by atoms with Crippen LogP contribution in [-0.4, -0.2) is 7.11 Å². The average Bonchev–Trinajstić information content (AvgIpc) is 2.44. The molecule has 0 N–H and O–H groups in total. The minimum Gasteiger partial charge on any atom is -0.496 e. The van der Waals surface area contributed by atoms with Crippen molar-refractivity contribution in [2.45, 2.75) is 41.5 Å². The van der Waals surface area contributed by atoms with Crippen LogP contribution in [0.2, 0.25) is 0 Å². The summed E-state index contributed by atoms with van der Waals surface area (Å²) in [5.74, 6) is 0.972. The first-order chi connectivity index (χ1) is 9.52. The maximum absolute atomic E-state index is 5.13. The van der Waals surface area contributed by atoms with Gasteiger partial charge in [0.1, 0.15) is 5.75 Å². The summed E-state index contributed by atoms with van der Waals surface area (Å²) in [6, 6.07) is 14.6. The van der Waals surface area contributed by atoms with Gasteiger partial charge in [-0.05, 0) is 44.9 Å². The Balaban J connectivity index is 0.000000327. The summed E-state index contributed by atoms with van der Waals surface area (Å²) in [4.78, 5) is 0. The van der Waals surface area contributed by atoms with Crippen LogP contribution in [0.5, 0.6) is 5.75 Å². The molecule has 0 atom stereocenters. The summed E-state index contributed by atoms with van der Waals surface area (Å²) < 4.78 is 5.13. The Bertz CT molecular complexity index is 484. The molecule has 1 nitrogen and oxygen atoms in total. The number of rotatable bonds is 1. The van der Waals surface area contributed by atoms with Crippen molar-refractivity contribution in [3.05, 3.63) is 64.7 Å². The Kier molecular flexibility index (Phi) is 9.19. The predicted molar refractivity (Wildman–Crippen MR) is 89.7 cm³/mol. The quantitative estimate of drug-likeness (QED) is 0.652. The second-order valence-corrected chi connectivity index (χ2v) is 4.63. The lowest BCUT2D eigenvalue weighted by Gasteiger charge is -2.03. The van der Waals surface area contributed by atoms with E-state index in [9.17, 15) is 0 Å². The fraction of sp³-hybridized carbons (Fsp3) is 0.368. The highest BCUT2D eigenvalue weighted by Crippen LogP contribution is 2.17. The lowest BCUT2D eigenvalue weighted by Crippen LogP contribution is -1.86. The molecular weight excluding hydrogens is 244 g/mol. The Morgan fingerprint density at radius 1 is 0.700 bits per heavy atom. The monoisotopic (exact) mass is 272 g/mol. The second kappa shape index (κ2) is 10.1. The van der Waals surface area contributed by atoms with Gasteiger partial charge < -0.3 is 4.74 Å². The zero-order valence-corrected chi connectivity index (χ0v) is 13.9. The van der Waals surface area contributed by atoms with Crippen LogP contribution >= 0.6 is 0 Å². The summed E-state index contributed by atoms with van der Waals surface area (Å²) in [7, 11) is 1.70. The third-order valence-corrected chi connectivity index (χ3v) is 2.74. The van der Waals surface area contributed by atoms with E-state index in [0.717, 1.165) is 5.75 Å². The summed E-state index contributed by atoms with van der Waals surface area (Å²) in [6.45, 7) is 12.3. The standard InChI is InChI=1S/C9H12O.C8H10.C2H6/c1-7-4-5-8(2)9(6-7)10-3;1-7-4-3-5-8(2)6-7;1-2/h4-6H,1-3H3;3-6H,1-2H3;1-2H3. The number of ether oxygens (including phenoxy) is 1. The lowest BCUT2D eigenvalue weighted by molar-refractivity contribution is 0.411. The Morgan fingerprint density at radius 3 is 1.55 bits per heavy atom.